The molecule has 0 saturated carbocycles. The summed E-state index contributed by atoms with van der Waals surface area (Å²) in [6.07, 6.45) is -2.24. The van der Waals surface area contributed by atoms with Crippen molar-refractivity contribution in [2.24, 2.45) is 0 Å². The molecule has 3 aromatic rings. The predicted octanol–water partition coefficient (Wildman–Crippen LogP) is 7.15. The number of anilines is 1. The first-order chi connectivity index (χ1) is 18.9. The van der Waals surface area contributed by atoms with E-state index in [0.29, 0.717) is 40.6 Å². The lowest BCUT2D eigenvalue weighted by molar-refractivity contribution is 0.0479. The van der Waals surface area contributed by atoms with E-state index in [-0.39, 0.29) is 6.42 Å². The van der Waals surface area contributed by atoms with Gasteiger partial charge in [0.2, 0.25) is 5.82 Å². The Morgan fingerprint density at radius 2 is 1.78 bits per heavy atom. The molecule has 2 atom stereocenters. The highest BCUT2D eigenvalue weighted by atomic mass is 32.1. The van der Waals surface area contributed by atoms with E-state index in [1.165, 1.54) is 0 Å². The van der Waals surface area contributed by atoms with Crippen molar-refractivity contribution in [2.75, 3.05) is 5.32 Å². The van der Waals surface area contributed by atoms with Gasteiger partial charge in [0.25, 0.3) is 0 Å². The van der Waals surface area contributed by atoms with E-state index in [1.807, 2.05) is 17.5 Å². The van der Waals surface area contributed by atoms with Gasteiger partial charge in [0.1, 0.15) is 39.2 Å². The Kier molecular flexibility index (Phi) is 10.1. The molecule has 0 unspecified atom stereocenters. The molecule has 0 saturated heterocycles. The second-order valence-electron chi connectivity index (χ2n) is 13.1. The second kappa shape index (κ2) is 12.8. The molecule has 11 heteroatoms. The molecule has 3 rings (SSSR count). The van der Waals surface area contributed by atoms with Crippen LogP contribution in [0.25, 0.3) is 11.1 Å². The van der Waals surface area contributed by atoms with Crippen LogP contribution in [-0.4, -0.2) is 50.0 Å². The van der Waals surface area contributed by atoms with Crippen molar-refractivity contribution in [3.05, 3.63) is 39.5 Å². The van der Waals surface area contributed by atoms with Gasteiger partial charge >= 0.3 is 6.09 Å². The topological polar surface area (TPSA) is 89.3 Å². The summed E-state index contributed by atoms with van der Waals surface area (Å²) in [5.41, 5.74) is 7.47. The van der Waals surface area contributed by atoms with Gasteiger partial charge in [-0.25, -0.2) is 14.2 Å². The molecule has 2 N–H and O–H groups in total. The van der Waals surface area contributed by atoms with Gasteiger partial charge in [0, 0.05) is 11.3 Å². The molecule has 0 fully saturated rings. The molecular weight excluding hydrogens is 572 g/mol. The molecule has 1 amide bonds. The lowest BCUT2D eigenvalue weighted by Crippen LogP contribution is -2.42. The Balaban J connectivity index is 2.08. The van der Waals surface area contributed by atoms with Crippen LogP contribution in [0.5, 0.6) is 0 Å². The number of alkyl carbamates (subject to hydrolysis) is 1. The fourth-order valence-corrected chi connectivity index (χ4v) is 5.12. The van der Waals surface area contributed by atoms with Crippen LogP contribution in [0.3, 0.4) is 0 Å². The van der Waals surface area contributed by atoms with Crippen LogP contribution in [0.15, 0.2) is 21.9 Å². The zero-order valence-corrected chi connectivity index (χ0v) is 28.5. The fourth-order valence-electron chi connectivity index (χ4n) is 3.49. The number of hydrogen-bond donors (Lipinski definition) is 2. The molecule has 0 spiro atoms. The van der Waals surface area contributed by atoms with Crippen molar-refractivity contribution in [2.45, 2.75) is 97.8 Å². The van der Waals surface area contributed by atoms with Crippen molar-refractivity contribution in [3.8, 4) is 22.9 Å². The highest BCUT2D eigenvalue weighted by Crippen LogP contribution is 2.31. The van der Waals surface area contributed by atoms with Crippen molar-refractivity contribution in [1.82, 2.24) is 15.3 Å². The van der Waals surface area contributed by atoms with Gasteiger partial charge in [-0.1, -0.05) is 51.3 Å². The molecule has 7 nitrogen and oxygen atoms in total. The summed E-state index contributed by atoms with van der Waals surface area (Å²) in [7, 11) is -3.50. The summed E-state index contributed by atoms with van der Waals surface area (Å²) in [5, 5.41) is 7.97. The number of halogens is 1. The molecule has 0 aliphatic carbocycles. The van der Waals surface area contributed by atoms with Gasteiger partial charge in [0.05, 0.1) is 18.2 Å². The highest BCUT2D eigenvalue weighted by Gasteiger charge is 2.27. The molecule has 0 aliphatic rings. The Morgan fingerprint density at radius 3 is 2.37 bits per heavy atom. The van der Waals surface area contributed by atoms with Crippen LogP contribution in [0.2, 0.25) is 39.3 Å². The summed E-state index contributed by atoms with van der Waals surface area (Å²) in [4.78, 5) is 22.8. The molecular formula is C30H41FN4O3SSi2. The van der Waals surface area contributed by atoms with E-state index in [0.717, 1.165) is 4.88 Å². The van der Waals surface area contributed by atoms with E-state index in [2.05, 4.69) is 77.8 Å². The van der Waals surface area contributed by atoms with Crippen LogP contribution >= 0.6 is 11.3 Å². The largest absolute Gasteiger partial charge is 0.454 e. The summed E-state index contributed by atoms with van der Waals surface area (Å²) < 4.78 is 27.2. The van der Waals surface area contributed by atoms with E-state index in [4.69, 9.17) is 14.1 Å². The number of aromatic nitrogens is 2. The van der Waals surface area contributed by atoms with E-state index < -0.39 is 40.1 Å². The molecule has 3 aromatic heterocycles. The third-order valence-electron chi connectivity index (χ3n) is 5.40. The van der Waals surface area contributed by atoms with Gasteiger partial charge < -0.3 is 19.8 Å². The van der Waals surface area contributed by atoms with E-state index in [1.54, 1.807) is 39.0 Å². The standard InChI is InChI=1S/C30H41FN4O3SSi2/c1-20(33-29(36)38-30(2,3)4)23(31)18-24-22(13-16-40(5,6)7)26-27(37-24)28(32-19-21-12-11-15-39-21)35-25(34-26)14-17-41(8,9)10/h11-12,15,20,23H,18-19H2,1-10H3,(H,33,36)(H,32,34,35)/t20-,23+/m1/s1. The molecule has 41 heavy (non-hydrogen) atoms. The van der Waals surface area contributed by atoms with E-state index >= 15 is 4.39 Å². The zero-order chi connectivity index (χ0) is 30.6. The lowest BCUT2D eigenvalue weighted by atomic mass is 10.1. The molecule has 3 heterocycles. The number of alkyl halides is 1. The lowest BCUT2D eigenvalue weighted by Gasteiger charge is -2.23. The predicted molar refractivity (Wildman–Crippen MR) is 171 cm³/mol. The number of amides is 1. The zero-order valence-electron chi connectivity index (χ0n) is 25.7. The van der Waals surface area contributed by atoms with Gasteiger partial charge in [-0.15, -0.1) is 22.4 Å². The quantitative estimate of drug-likeness (QED) is 0.218. The van der Waals surface area contributed by atoms with Gasteiger partial charge in [-0.05, 0) is 45.1 Å². The number of fused-ring (bicyclic) bond motifs is 1. The number of carbonyl (C=O) groups is 1. The third-order valence-corrected chi connectivity index (χ3v) is 8.02. The number of nitrogens with zero attached hydrogens (tertiary/aromatic N) is 2. The number of furan rings is 1. The highest BCUT2D eigenvalue weighted by molar-refractivity contribution is 7.09. The van der Waals surface area contributed by atoms with Gasteiger partial charge in [-0.3, -0.25) is 0 Å². The minimum atomic E-state index is -1.80. The first kappa shape index (κ1) is 32.4. The summed E-state index contributed by atoms with van der Waals surface area (Å²) in [5.74, 6) is 7.64. The van der Waals surface area contributed by atoms with Crippen molar-refractivity contribution >= 4 is 50.5 Å². The maximum absolute atomic E-state index is 15.6. The Hall–Kier alpha value is -3.13. The minimum Gasteiger partial charge on any atom is -0.454 e. The van der Waals surface area contributed by atoms with Gasteiger partial charge in [0.15, 0.2) is 11.4 Å². The average molecular weight is 613 g/mol. The first-order valence-electron chi connectivity index (χ1n) is 13.7. The normalized spacial score (nSPS) is 13.4. The van der Waals surface area contributed by atoms with Crippen molar-refractivity contribution in [1.29, 1.82) is 0 Å². The molecule has 0 aromatic carbocycles. The second-order valence-corrected chi connectivity index (χ2v) is 23.6. The van der Waals surface area contributed by atoms with Crippen molar-refractivity contribution in [3.63, 3.8) is 0 Å². The van der Waals surface area contributed by atoms with Crippen LogP contribution in [0.4, 0.5) is 15.0 Å². The van der Waals surface area contributed by atoms with E-state index in [9.17, 15) is 4.79 Å². The summed E-state index contributed by atoms with van der Waals surface area (Å²) in [6.45, 7) is 20.3. The number of rotatable bonds is 7. The monoisotopic (exact) mass is 612 g/mol. The van der Waals surface area contributed by atoms with Crippen LogP contribution < -0.4 is 10.6 Å². The molecule has 0 bridgehead atoms. The molecule has 0 radical (unpaired) electrons. The Bertz CT molecular complexity index is 1490. The minimum absolute atomic E-state index is 0.108. The third kappa shape index (κ3) is 10.3. The van der Waals surface area contributed by atoms with Gasteiger partial charge in [-0.2, -0.15) is 4.98 Å². The fraction of sp³-hybridized carbons (Fsp3) is 0.500. The maximum atomic E-state index is 15.6. The Labute approximate surface area is 249 Å². The molecule has 220 valence electrons. The van der Waals surface area contributed by atoms with Crippen molar-refractivity contribution < 1.29 is 18.3 Å². The Morgan fingerprint density at radius 1 is 1.12 bits per heavy atom. The average Bonchev–Trinajstić information content (AvgIpc) is 3.45. The number of thiophene rings is 1. The van der Waals surface area contributed by atoms with Crippen LogP contribution in [0.1, 0.15) is 49.7 Å². The number of nitrogens with one attached hydrogen (secondary N) is 2. The molecule has 0 aliphatic heterocycles. The summed E-state index contributed by atoms with van der Waals surface area (Å²) >= 11 is 1.63. The first-order valence-corrected chi connectivity index (χ1v) is 21.6. The number of carbonyl (C=O) groups excluding carboxylic acids is 1. The SMILES string of the molecule is C[C@@H](NC(=O)OC(C)(C)C)[C@@H](F)Cc1oc2c(NCc3cccs3)nc(C#C[Si](C)(C)C)nc2c1C#C[Si](C)(C)C. The van der Waals surface area contributed by atoms with Crippen LogP contribution in [0, 0.1) is 22.9 Å². The maximum Gasteiger partial charge on any atom is 0.407 e. The number of hydrogen-bond acceptors (Lipinski definition) is 7. The smallest absolute Gasteiger partial charge is 0.407 e. The number of ether oxygens (including phenoxy) is 1. The summed E-state index contributed by atoms with van der Waals surface area (Å²) in [6, 6.07) is 3.20. The van der Waals surface area contributed by atoms with Crippen LogP contribution in [-0.2, 0) is 17.7 Å².